The lowest BCUT2D eigenvalue weighted by Gasteiger charge is -2.33. The van der Waals surface area contributed by atoms with Crippen LogP contribution < -0.4 is 5.32 Å². The zero-order valence-electron chi connectivity index (χ0n) is 12.1. The summed E-state index contributed by atoms with van der Waals surface area (Å²) in [7, 11) is 0.349. The summed E-state index contributed by atoms with van der Waals surface area (Å²) in [4.78, 5) is 0. The molecule has 1 aliphatic heterocycles. The van der Waals surface area contributed by atoms with E-state index in [9.17, 15) is 8.42 Å². The van der Waals surface area contributed by atoms with Gasteiger partial charge in [-0.05, 0) is 45.2 Å². The number of hydrogen-bond acceptors (Lipinski definition) is 3. The molecule has 1 N–H and O–H groups in total. The average molecular weight is 289 g/mol. The molecule has 112 valence electrons. The Morgan fingerprint density at radius 3 is 2.74 bits per heavy atom. The highest BCUT2D eigenvalue weighted by Gasteiger charge is 2.42. The minimum atomic E-state index is -3.25. The van der Waals surface area contributed by atoms with E-state index in [2.05, 4.69) is 5.32 Å². The van der Waals surface area contributed by atoms with Gasteiger partial charge in [-0.3, -0.25) is 0 Å². The molecule has 19 heavy (non-hydrogen) atoms. The minimum Gasteiger partial charge on any atom is -0.320 e. The third kappa shape index (κ3) is 3.29. The first kappa shape index (κ1) is 15.2. The van der Waals surface area contributed by atoms with Gasteiger partial charge in [0.1, 0.15) is 0 Å². The maximum absolute atomic E-state index is 12.6. The average Bonchev–Trinajstić information content (AvgIpc) is 2.83. The molecule has 2 aliphatic rings. The Labute approximate surface area is 117 Å². The molecule has 5 nitrogen and oxygen atoms in total. The zero-order valence-corrected chi connectivity index (χ0v) is 13.0. The summed E-state index contributed by atoms with van der Waals surface area (Å²) in [5.74, 6) is 0.606. The highest BCUT2D eigenvalue weighted by molar-refractivity contribution is 7.86. The van der Waals surface area contributed by atoms with Crippen molar-refractivity contribution in [2.45, 2.75) is 44.6 Å². The third-order valence-electron chi connectivity index (χ3n) is 4.55. The van der Waals surface area contributed by atoms with Crippen molar-refractivity contribution in [2.24, 2.45) is 5.92 Å². The molecule has 2 unspecified atom stereocenters. The van der Waals surface area contributed by atoms with Gasteiger partial charge in [-0.1, -0.05) is 12.8 Å². The molecule has 0 amide bonds. The van der Waals surface area contributed by atoms with Gasteiger partial charge >= 0.3 is 0 Å². The van der Waals surface area contributed by atoms with Gasteiger partial charge in [0.05, 0.1) is 0 Å². The van der Waals surface area contributed by atoms with E-state index >= 15 is 0 Å². The van der Waals surface area contributed by atoms with Crippen molar-refractivity contribution in [3.05, 3.63) is 0 Å². The Balaban J connectivity index is 1.98. The Hall–Kier alpha value is -0.170. The van der Waals surface area contributed by atoms with Gasteiger partial charge < -0.3 is 5.32 Å². The lowest BCUT2D eigenvalue weighted by Crippen LogP contribution is -2.46. The molecule has 6 heteroatoms. The van der Waals surface area contributed by atoms with Gasteiger partial charge in [-0.15, -0.1) is 0 Å². The molecule has 0 radical (unpaired) electrons. The van der Waals surface area contributed by atoms with Crippen molar-refractivity contribution in [2.75, 3.05) is 33.7 Å². The highest BCUT2D eigenvalue weighted by atomic mass is 32.2. The van der Waals surface area contributed by atoms with Gasteiger partial charge in [-0.2, -0.15) is 17.0 Å². The van der Waals surface area contributed by atoms with Gasteiger partial charge in [0, 0.05) is 26.2 Å². The minimum absolute atomic E-state index is 0.269. The van der Waals surface area contributed by atoms with E-state index in [4.69, 9.17) is 0 Å². The van der Waals surface area contributed by atoms with E-state index in [0.29, 0.717) is 19.0 Å². The molecule has 0 aromatic heterocycles. The van der Waals surface area contributed by atoms with Crippen LogP contribution in [0.3, 0.4) is 0 Å². The first-order valence-electron chi connectivity index (χ1n) is 7.45. The van der Waals surface area contributed by atoms with Crippen LogP contribution in [0.4, 0.5) is 0 Å². The molecule has 2 rings (SSSR count). The maximum Gasteiger partial charge on any atom is 0.281 e. The summed E-state index contributed by atoms with van der Waals surface area (Å²) < 4.78 is 28.5. The SMILES string of the molecule is CNCCCN(C)S(=O)(=O)N1CCC2CCCCC21. The molecular formula is C13H27N3O2S. The van der Waals surface area contributed by atoms with Crippen molar-refractivity contribution in [1.82, 2.24) is 13.9 Å². The fourth-order valence-electron chi connectivity index (χ4n) is 3.42. The fraction of sp³-hybridized carbons (Fsp3) is 1.00. The lowest BCUT2D eigenvalue weighted by atomic mass is 9.86. The Kier molecular flexibility index (Phi) is 5.22. The molecular weight excluding hydrogens is 262 g/mol. The first-order chi connectivity index (χ1) is 9.07. The molecule has 0 aromatic carbocycles. The van der Waals surface area contributed by atoms with Crippen LogP contribution >= 0.6 is 0 Å². The van der Waals surface area contributed by atoms with Gasteiger partial charge in [0.25, 0.3) is 10.2 Å². The molecule has 0 aromatic rings. The van der Waals surface area contributed by atoms with Crippen LogP contribution in [0.2, 0.25) is 0 Å². The zero-order chi connectivity index (χ0) is 13.9. The van der Waals surface area contributed by atoms with Crippen LogP contribution in [0.5, 0.6) is 0 Å². The second-order valence-electron chi connectivity index (χ2n) is 5.80. The smallest absolute Gasteiger partial charge is 0.281 e. The first-order valence-corrected chi connectivity index (χ1v) is 8.84. The second-order valence-corrected chi connectivity index (χ2v) is 7.79. The molecule has 1 saturated carbocycles. The van der Waals surface area contributed by atoms with E-state index in [-0.39, 0.29) is 6.04 Å². The quantitative estimate of drug-likeness (QED) is 0.743. The molecule has 2 atom stereocenters. The summed E-state index contributed by atoms with van der Waals surface area (Å²) in [6.07, 6.45) is 6.61. The molecule has 0 spiro atoms. The highest BCUT2D eigenvalue weighted by Crippen LogP contribution is 2.38. The number of nitrogens with one attached hydrogen (secondary N) is 1. The molecule has 0 bridgehead atoms. The number of hydrogen-bond donors (Lipinski definition) is 1. The molecule has 1 aliphatic carbocycles. The summed E-state index contributed by atoms with van der Waals surface area (Å²) >= 11 is 0. The standard InChI is InChI=1S/C13H27N3O2S/c1-14-9-5-10-15(2)19(17,18)16-11-8-12-6-3-4-7-13(12)16/h12-14H,3-11H2,1-2H3. The van der Waals surface area contributed by atoms with Crippen LogP contribution in [0, 0.1) is 5.92 Å². The number of rotatable bonds is 6. The topological polar surface area (TPSA) is 52.7 Å². The van der Waals surface area contributed by atoms with Crippen LogP contribution in [0.1, 0.15) is 38.5 Å². The van der Waals surface area contributed by atoms with Gasteiger partial charge in [0.15, 0.2) is 0 Å². The Morgan fingerprint density at radius 1 is 1.26 bits per heavy atom. The van der Waals surface area contributed by atoms with Crippen molar-refractivity contribution < 1.29 is 8.42 Å². The maximum atomic E-state index is 12.6. The van der Waals surface area contributed by atoms with Crippen LogP contribution in [0.15, 0.2) is 0 Å². The second kappa shape index (κ2) is 6.52. The van der Waals surface area contributed by atoms with Gasteiger partial charge in [0.2, 0.25) is 0 Å². The summed E-state index contributed by atoms with van der Waals surface area (Å²) in [5, 5.41) is 3.05. The van der Waals surface area contributed by atoms with Crippen molar-refractivity contribution in [1.29, 1.82) is 0 Å². The fourth-order valence-corrected chi connectivity index (χ4v) is 5.10. The van der Waals surface area contributed by atoms with Crippen LogP contribution in [-0.2, 0) is 10.2 Å². The van der Waals surface area contributed by atoms with Crippen molar-refractivity contribution in [3.63, 3.8) is 0 Å². The predicted molar refractivity (Wildman–Crippen MR) is 77.2 cm³/mol. The third-order valence-corrected chi connectivity index (χ3v) is 6.57. The summed E-state index contributed by atoms with van der Waals surface area (Å²) in [6, 6.07) is 0.269. The van der Waals surface area contributed by atoms with E-state index in [0.717, 1.165) is 25.8 Å². The molecule has 1 heterocycles. The summed E-state index contributed by atoms with van der Waals surface area (Å²) in [6.45, 7) is 2.16. The van der Waals surface area contributed by atoms with Crippen molar-refractivity contribution in [3.8, 4) is 0 Å². The van der Waals surface area contributed by atoms with Crippen molar-refractivity contribution >= 4 is 10.2 Å². The van der Waals surface area contributed by atoms with E-state index < -0.39 is 10.2 Å². The normalized spacial score (nSPS) is 28.8. The monoisotopic (exact) mass is 289 g/mol. The summed E-state index contributed by atoms with van der Waals surface area (Å²) in [5.41, 5.74) is 0. The van der Waals surface area contributed by atoms with Gasteiger partial charge in [-0.25, -0.2) is 0 Å². The number of nitrogens with zero attached hydrogens (tertiary/aromatic N) is 2. The predicted octanol–water partition coefficient (Wildman–Crippen LogP) is 1.04. The lowest BCUT2D eigenvalue weighted by molar-refractivity contribution is 0.249. The van der Waals surface area contributed by atoms with Crippen LogP contribution in [-0.4, -0.2) is 56.8 Å². The number of fused-ring (bicyclic) bond motifs is 1. The molecule has 2 fully saturated rings. The van der Waals surface area contributed by atoms with E-state index in [1.54, 1.807) is 11.4 Å². The van der Waals surface area contributed by atoms with E-state index in [1.165, 1.54) is 23.6 Å². The Morgan fingerprint density at radius 2 is 2.00 bits per heavy atom. The largest absolute Gasteiger partial charge is 0.320 e. The van der Waals surface area contributed by atoms with E-state index in [1.807, 2.05) is 7.05 Å². The Bertz CT molecular complexity index is 385. The van der Waals surface area contributed by atoms with Crippen LogP contribution in [0.25, 0.3) is 0 Å². The molecule has 1 saturated heterocycles.